The molecule has 1 aromatic carbocycles. The molecule has 0 spiro atoms. The highest BCUT2D eigenvalue weighted by atomic mass is 16.5. The first-order chi connectivity index (χ1) is 11.1. The van der Waals surface area contributed by atoms with Crippen molar-refractivity contribution in [3.8, 4) is 0 Å². The zero-order valence-electron chi connectivity index (χ0n) is 13.4. The van der Waals surface area contributed by atoms with Crippen LogP contribution in [0.25, 0.3) is 0 Å². The van der Waals surface area contributed by atoms with Crippen molar-refractivity contribution < 1.29 is 13.9 Å². The molecular weight excluding hydrogens is 292 g/mol. The Morgan fingerprint density at radius 2 is 1.96 bits per heavy atom. The minimum absolute atomic E-state index is 0.0103. The van der Waals surface area contributed by atoms with Crippen molar-refractivity contribution in [3.05, 3.63) is 59.5 Å². The molecule has 2 aromatic rings. The van der Waals surface area contributed by atoms with Gasteiger partial charge in [-0.05, 0) is 31.5 Å². The molecule has 1 saturated heterocycles. The van der Waals surface area contributed by atoms with Crippen LogP contribution >= 0.6 is 0 Å². The number of rotatable bonds is 3. The van der Waals surface area contributed by atoms with Crippen molar-refractivity contribution in [1.82, 2.24) is 4.90 Å². The molecule has 0 bridgehead atoms. The molecule has 0 unspecified atom stereocenters. The lowest BCUT2D eigenvalue weighted by molar-refractivity contribution is -0.0814. The zero-order chi connectivity index (χ0) is 16.4. The molecule has 0 radical (unpaired) electrons. The molecule has 1 fully saturated rings. The number of nitrogens with two attached hydrogens (primary N) is 1. The van der Waals surface area contributed by atoms with Gasteiger partial charge in [0, 0.05) is 0 Å². The molecule has 2 N–H and O–H groups in total. The average Bonchev–Trinajstić information content (AvgIpc) is 3.05. The molecule has 23 heavy (non-hydrogen) atoms. The summed E-state index contributed by atoms with van der Waals surface area (Å²) >= 11 is 0. The van der Waals surface area contributed by atoms with Gasteiger partial charge in [-0.25, -0.2) is 0 Å². The van der Waals surface area contributed by atoms with E-state index in [0.29, 0.717) is 18.1 Å². The summed E-state index contributed by atoms with van der Waals surface area (Å²) in [6, 6.07) is 13.3. The number of ether oxygens (including phenoxy) is 1. The van der Waals surface area contributed by atoms with Crippen LogP contribution in [-0.4, -0.2) is 29.5 Å². The first-order valence-corrected chi connectivity index (χ1v) is 7.89. The van der Waals surface area contributed by atoms with E-state index in [-0.39, 0.29) is 30.6 Å². The maximum Gasteiger partial charge on any atom is 0.290 e. The number of nitrogens with zero attached hydrogens (tertiary/aromatic N) is 1. The quantitative estimate of drug-likeness (QED) is 0.946. The van der Waals surface area contributed by atoms with Gasteiger partial charge in [0.1, 0.15) is 11.9 Å². The van der Waals surface area contributed by atoms with Crippen LogP contribution in [0, 0.1) is 0 Å². The van der Waals surface area contributed by atoms with E-state index in [0.717, 1.165) is 5.56 Å². The maximum atomic E-state index is 12.9. The summed E-state index contributed by atoms with van der Waals surface area (Å²) in [6.07, 6.45) is -0.139. The van der Waals surface area contributed by atoms with E-state index in [2.05, 4.69) is 0 Å². The molecule has 1 amide bonds. The zero-order valence-corrected chi connectivity index (χ0v) is 13.4. The van der Waals surface area contributed by atoms with Gasteiger partial charge in [-0.15, -0.1) is 0 Å². The van der Waals surface area contributed by atoms with Gasteiger partial charge in [0.15, 0.2) is 5.76 Å². The third-order valence-electron chi connectivity index (χ3n) is 4.31. The third-order valence-corrected chi connectivity index (χ3v) is 4.31. The molecule has 2 heterocycles. The van der Waals surface area contributed by atoms with Crippen molar-refractivity contribution in [2.75, 3.05) is 6.61 Å². The molecule has 3 atom stereocenters. The van der Waals surface area contributed by atoms with E-state index in [9.17, 15) is 4.79 Å². The summed E-state index contributed by atoms with van der Waals surface area (Å²) in [5.41, 5.74) is 6.63. The minimum Gasteiger partial charge on any atom is -0.455 e. The van der Waals surface area contributed by atoms with Gasteiger partial charge < -0.3 is 19.8 Å². The predicted molar refractivity (Wildman–Crippen MR) is 86.8 cm³/mol. The Morgan fingerprint density at radius 3 is 2.61 bits per heavy atom. The molecule has 3 rings (SSSR count). The first-order valence-electron chi connectivity index (χ1n) is 7.89. The number of furan rings is 1. The normalized spacial score (nSPS) is 24.7. The second-order valence-electron chi connectivity index (χ2n) is 5.94. The predicted octanol–water partition coefficient (Wildman–Crippen LogP) is 2.73. The van der Waals surface area contributed by atoms with Gasteiger partial charge in [-0.3, -0.25) is 4.79 Å². The third kappa shape index (κ3) is 3.02. The van der Waals surface area contributed by atoms with E-state index >= 15 is 0 Å². The number of morpholine rings is 1. The first kappa shape index (κ1) is 15.8. The van der Waals surface area contributed by atoms with E-state index < -0.39 is 0 Å². The van der Waals surface area contributed by atoms with E-state index in [1.165, 1.54) is 0 Å². The summed E-state index contributed by atoms with van der Waals surface area (Å²) in [5.74, 6) is 0.827. The summed E-state index contributed by atoms with van der Waals surface area (Å²) in [5, 5.41) is 0. The molecule has 5 nitrogen and oxygen atoms in total. The van der Waals surface area contributed by atoms with Crippen molar-refractivity contribution in [1.29, 1.82) is 0 Å². The fraction of sp³-hybridized carbons (Fsp3) is 0.389. The molecule has 1 aliphatic heterocycles. The Balaban J connectivity index is 1.85. The highest BCUT2D eigenvalue weighted by Crippen LogP contribution is 2.32. The largest absolute Gasteiger partial charge is 0.455 e. The van der Waals surface area contributed by atoms with Gasteiger partial charge in [0.2, 0.25) is 0 Å². The molecule has 122 valence electrons. The van der Waals surface area contributed by atoms with Crippen LogP contribution in [0.4, 0.5) is 0 Å². The van der Waals surface area contributed by atoms with Gasteiger partial charge >= 0.3 is 0 Å². The van der Waals surface area contributed by atoms with Crippen LogP contribution in [0.15, 0.2) is 46.9 Å². The van der Waals surface area contributed by atoms with Crippen molar-refractivity contribution in [3.63, 3.8) is 0 Å². The smallest absolute Gasteiger partial charge is 0.290 e. The minimum atomic E-state index is -0.139. The van der Waals surface area contributed by atoms with Gasteiger partial charge in [0.05, 0.1) is 25.2 Å². The molecule has 5 heteroatoms. The second-order valence-corrected chi connectivity index (χ2v) is 5.94. The Bertz CT molecular complexity index is 668. The van der Waals surface area contributed by atoms with Crippen LogP contribution < -0.4 is 5.73 Å². The topological polar surface area (TPSA) is 68.7 Å². The van der Waals surface area contributed by atoms with Crippen LogP contribution in [0.5, 0.6) is 0 Å². The number of amides is 1. The van der Waals surface area contributed by atoms with Crippen molar-refractivity contribution in [2.45, 2.75) is 38.6 Å². The summed E-state index contributed by atoms with van der Waals surface area (Å²) < 4.78 is 11.5. The lowest BCUT2D eigenvalue weighted by Gasteiger charge is -2.43. The Morgan fingerprint density at radius 1 is 1.22 bits per heavy atom. The molecule has 0 saturated carbocycles. The lowest BCUT2D eigenvalue weighted by Crippen LogP contribution is -2.53. The number of carbonyl (C=O) groups excluding carboxylic acids is 1. The fourth-order valence-electron chi connectivity index (χ4n) is 3.14. The Kier molecular flexibility index (Phi) is 4.50. The van der Waals surface area contributed by atoms with Crippen LogP contribution in [0.3, 0.4) is 0 Å². The van der Waals surface area contributed by atoms with E-state index in [1.54, 1.807) is 12.1 Å². The molecule has 0 aliphatic carbocycles. The summed E-state index contributed by atoms with van der Waals surface area (Å²) in [7, 11) is 0. The second kappa shape index (κ2) is 6.56. The Hall–Kier alpha value is -2.11. The van der Waals surface area contributed by atoms with Crippen molar-refractivity contribution in [2.24, 2.45) is 5.73 Å². The van der Waals surface area contributed by atoms with Crippen LogP contribution in [0.2, 0.25) is 0 Å². The Labute approximate surface area is 136 Å². The highest BCUT2D eigenvalue weighted by molar-refractivity contribution is 5.92. The molecule has 1 aromatic heterocycles. The van der Waals surface area contributed by atoms with Gasteiger partial charge in [0.25, 0.3) is 5.91 Å². The van der Waals surface area contributed by atoms with Crippen LogP contribution in [-0.2, 0) is 11.3 Å². The van der Waals surface area contributed by atoms with Gasteiger partial charge in [-0.2, -0.15) is 0 Å². The summed E-state index contributed by atoms with van der Waals surface area (Å²) in [4.78, 5) is 14.7. The standard InChI is InChI=1S/C18H22N2O3/c1-12-11-22-17(14-6-4-3-5-7-14)13(2)20(12)18(21)16-9-8-15(10-19)23-16/h3-9,12-13,17H,10-11,19H2,1-2H3/t12-,13-,17-/m1/s1. The monoisotopic (exact) mass is 314 g/mol. The number of benzene rings is 1. The SMILES string of the molecule is C[C@@H]1CO[C@@H](c2ccccc2)[C@@H](C)N1C(=O)c1ccc(CN)o1. The number of hydrogen-bond acceptors (Lipinski definition) is 4. The van der Waals surface area contributed by atoms with E-state index in [1.807, 2.05) is 49.1 Å². The number of carbonyl (C=O) groups is 1. The summed E-state index contributed by atoms with van der Waals surface area (Å²) in [6.45, 7) is 4.79. The van der Waals surface area contributed by atoms with Crippen molar-refractivity contribution >= 4 is 5.91 Å². The fourth-order valence-corrected chi connectivity index (χ4v) is 3.14. The average molecular weight is 314 g/mol. The lowest BCUT2D eigenvalue weighted by atomic mass is 9.98. The van der Waals surface area contributed by atoms with E-state index in [4.69, 9.17) is 14.9 Å². The molecule has 1 aliphatic rings. The number of hydrogen-bond donors (Lipinski definition) is 1. The molecular formula is C18H22N2O3. The van der Waals surface area contributed by atoms with Crippen LogP contribution in [0.1, 0.15) is 41.8 Å². The maximum absolute atomic E-state index is 12.9. The van der Waals surface area contributed by atoms with Gasteiger partial charge in [-0.1, -0.05) is 30.3 Å². The highest BCUT2D eigenvalue weighted by Gasteiger charge is 2.38.